The second-order valence-corrected chi connectivity index (χ2v) is 19.2. The molecule has 0 spiro atoms. The van der Waals surface area contributed by atoms with Gasteiger partial charge in [-0.15, -0.1) is 11.6 Å². The molecule has 0 aromatic heterocycles. The summed E-state index contributed by atoms with van der Waals surface area (Å²) >= 11 is 6.47. The number of ether oxygens (including phenoxy) is 5. The maximum atomic E-state index is 13.4. The molecular weight excluding hydrogens is 721 g/mol. The predicted molar refractivity (Wildman–Crippen MR) is 195 cm³/mol. The standard InChI is InChI=1S/C36H65ClNO13P/c1-14-34(7,26-35(8,30(42)47-18-17-39)24-32(3,4)27(2)46-13)29(41)49-20-19-48-28(40)33(5,6)25-36(9,37)31(43)50-21-22-51-52(44,45)23-15-16-38(10,11)12/h39H,2,14-26H2,1,3-13H3. The Hall–Kier alpha value is -2.22. The van der Waals surface area contributed by atoms with Crippen LogP contribution in [0.4, 0.5) is 0 Å². The zero-order chi connectivity index (χ0) is 40.8. The van der Waals surface area contributed by atoms with Gasteiger partial charge in [0.2, 0.25) is 0 Å². The van der Waals surface area contributed by atoms with Crippen molar-refractivity contribution < 1.29 is 66.4 Å². The number of methoxy groups -OCH3 is 1. The van der Waals surface area contributed by atoms with Crippen LogP contribution in [-0.4, -0.2) is 119 Å². The molecule has 52 heavy (non-hydrogen) atoms. The van der Waals surface area contributed by atoms with Crippen LogP contribution in [0.3, 0.4) is 0 Å². The van der Waals surface area contributed by atoms with Crippen LogP contribution >= 0.6 is 19.2 Å². The molecule has 0 saturated carbocycles. The van der Waals surface area contributed by atoms with E-state index in [1.807, 2.05) is 35.0 Å². The Morgan fingerprint density at radius 2 is 1.23 bits per heavy atom. The van der Waals surface area contributed by atoms with Gasteiger partial charge in [-0.2, -0.15) is 0 Å². The number of alkyl halides is 1. The SMILES string of the molecule is C=C(OC)C(C)(C)CC(C)(CC(C)(CC)C(=O)OCCOC(=O)C(C)(C)CC(C)(Cl)C(=O)OCCOP(=O)([O-])CCC[N+](C)(C)C)C(=O)OCCO. The number of hydrogen-bond donors (Lipinski definition) is 1. The highest BCUT2D eigenvalue weighted by Crippen LogP contribution is 2.47. The maximum Gasteiger partial charge on any atom is 0.327 e. The summed E-state index contributed by atoms with van der Waals surface area (Å²) in [4.78, 5) is 62.9. The van der Waals surface area contributed by atoms with Gasteiger partial charge in [-0.25, -0.2) is 0 Å². The topological polar surface area (TPSA) is 184 Å². The third-order valence-corrected chi connectivity index (χ3v) is 10.6. The zero-order valence-corrected chi connectivity index (χ0v) is 35.2. The number of aliphatic hydroxyl groups is 1. The number of quaternary nitrogens is 1. The van der Waals surface area contributed by atoms with Crippen molar-refractivity contribution >= 4 is 43.1 Å². The van der Waals surface area contributed by atoms with Crippen molar-refractivity contribution in [3.8, 4) is 0 Å². The van der Waals surface area contributed by atoms with Crippen LogP contribution in [0.15, 0.2) is 12.3 Å². The van der Waals surface area contributed by atoms with Crippen molar-refractivity contribution in [1.82, 2.24) is 0 Å². The number of allylic oxidation sites excluding steroid dienone is 1. The minimum atomic E-state index is -4.10. The van der Waals surface area contributed by atoms with E-state index >= 15 is 0 Å². The Bertz CT molecular complexity index is 1260. The van der Waals surface area contributed by atoms with Crippen LogP contribution < -0.4 is 4.89 Å². The minimum Gasteiger partial charge on any atom is -0.778 e. The Kier molecular flexibility index (Phi) is 19.6. The van der Waals surface area contributed by atoms with E-state index in [-0.39, 0.29) is 65.1 Å². The average molecular weight is 786 g/mol. The van der Waals surface area contributed by atoms with E-state index in [4.69, 9.17) is 39.8 Å². The van der Waals surface area contributed by atoms with E-state index in [2.05, 4.69) is 6.58 Å². The summed E-state index contributed by atoms with van der Waals surface area (Å²) in [6.07, 6.45) is 0.699. The molecule has 4 atom stereocenters. The zero-order valence-electron chi connectivity index (χ0n) is 33.5. The van der Waals surface area contributed by atoms with Crippen LogP contribution in [-0.2, 0) is 52.0 Å². The lowest BCUT2D eigenvalue weighted by molar-refractivity contribution is -0.870. The van der Waals surface area contributed by atoms with Gasteiger partial charge in [0.05, 0.1) is 70.0 Å². The van der Waals surface area contributed by atoms with Gasteiger partial charge in [0, 0.05) is 18.0 Å². The molecule has 0 aliphatic carbocycles. The molecule has 1 N–H and O–H groups in total. The highest BCUT2D eigenvalue weighted by atomic mass is 35.5. The van der Waals surface area contributed by atoms with Crippen molar-refractivity contribution in [2.24, 2.45) is 21.7 Å². The average Bonchev–Trinajstić information content (AvgIpc) is 3.01. The monoisotopic (exact) mass is 785 g/mol. The predicted octanol–water partition coefficient (Wildman–Crippen LogP) is 4.62. The van der Waals surface area contributed by atoms with Gasteiger partial charge >= 0.3 is 23.9 Å². The van der Waals surface area contributed by atoms with Gasteiger partial charge in [0.15, 0.2) is 0 Å². The van der Waals surface area contributed by atoms with Gasteiger partial charge < -0.3 is 47.3 Å². The van der Waals surface area contributed by atoms with E-state index in [1.54, 1.807) is 20.8 Å². The van der Waals surface area contributed by atoms with E-state index in [1.165, 1.54) is 27.9 Å². The van der Waals surface area contributed by atoms with Crippen molar-refractivity contribution in [3.63, 3.8) is 0 Å². The smallest absolute Gasteiger partial charge is 0.327 e. The summed E-state index contributed by atoms with van der Waals surface area (Å²) in [5.74, 6) is -2.30. The molecule has 14 nitrogen and oxygen atoms in total. The van der Waals surface area contributed by atoms with Crippen LogP contribution in [0.2, 0.25) is 0 Å². The first kappa shape index (κ1) is 49.8. The third-order valence-electron chi connectivity index (χ3n) is 8.87. The number of carbonyl (C=O) groups excluding carboxylic acids is 4. The van der Waals surface area contributed by atoms with Crippen molar-refractivity contribution in [2.45, 2.75) is 92.4 Å². The number of esters is 4. The molecule has 0 aliphatic heterocycles. The number of halogens is 1. The molecule has 0 fully saturated rings. The summed E-state index contributed by atoms with van der Waals surface area (Å²) in [6, 6.07) is 0. The molecule has 0 bridgehead atoms. The first-order chi connectivity index (χ1) is 23.5. The minimum absolute atomic E-state index is 0.0520. The first-order valence-electron chi connectivity index (χ1n) is 17.5. The summed E-state index contributed by atoms with van der Waals surface area (Å²) in [6.45, 7) is 16.1. The summed E-state index contributed by atoms with van der Waals surface area (Å²) < 4.78 is 44.4. The molecule has 4 unspecified atom stereocenters. The summed E-state index contributed by atoms with van der Waals surface area (Å²) in [5.41, 5.74) is -4.25. The Labute approximate surface area is 315 Å². The van der Waals surface area contributed by atoms with Crippen LogP contribution in [0.5, 0.6) is 0 Å². The van der Waals surface area contributed by atoms with Crippen LogP contribution in [0.1, 0.15) is 87.5 Å². The van der Waals surface area contributed by atoms with Gasteiger partial charge in [0.1, 0.15) is 38.9 Å². The second kappa shape index (κ2) is 20.5. The second-order valence-electron chi connectivity index (χ2n) is 16.4. The van der Waals surface area contributed by atoms with E-state index < -0.39 is 58.0 Å². The highest BCUT2D eigenvalue weighted by molar-refractivity contribution is 7.51. The van der Waals surface area contributed by atoms with Crippen molar-refractivity contribution in [2.75, 3.05) is 80.6 Å². The fourth-order valence-corrected chi connectivity index (χ4v) is 7.35. The summed E-state index contributed by atoms with van der Waals surface area (Å²) in [7, 11) is 3.25. The number of nitrogens with zero attached hydrogens (tertiary/aromatic N) is 1. The van der Waals surface area contributed by atoms with E-state index in [9.17, 15) is 33.7 Å². The van der Waals surface area contributed by atoms with Gasteiger partial charge in [-0.3, -0.25) is 19.2 Å². The van der Waals surface area contributed by atoms with Crippen LogP contribution in [0, 0.1) is 21.7 Å². The van der Waals surface area contributed by atoms with Gasteiger partial charge in [-0.05, 0) is 60.3 Å². The lowest BCUT2D eigenvalue weighted by Gasteiger charge is -2.40. The fourth-order valence-electron chi connectivity index (χ4n) is 5.95. The molecule has 0 saturated heterocycles. The van der Waals surface area contributed by atoms with Crippen LogP contribution in [0.25, 0.3) is 0 Å². The van der Waals surface area contributed by atoms with Gasteiger partial charge in [-0.1, -0.05) is 27.4 Å². The number of hydrogen-bond acceptors (Lipinski definition) is 13. The molecule has 0 aromatic carbocycles. The maximum absolute atomic E-state index is 13.4. The molecule has 0 radical (unpaired) electrons. The van der Waals surface area contributed by atoms with Crippen molar-refractivity contribution in [3.05, 3.63) is 12.3 Å². The number of rotatable bonds is 26. The Morgan fingerprint density at radius 3 is 1.73 bits per heavy atom. The lowest BCUT2D eigenvalue weighted by Crippen LogP contribution is -2.43. The van der Waals surface area contributed by atoms with Gasteiger partial charge in [0.25, 0.3) is 0 Å². The van der Waals surface area contributed by atoms with E-state index in [0.29, 0.717) is 29.6 Å². The third kappa shape index (κ3) is 17.3. The quantitative estimate of drug-likeness (QED) is 0.0244. The lowest BCUT2D eigenvalue weighted by atomic mass is 9.64. The molecule has 0 heterocycles. The molecule has 0 amide bonds. The molecule has 0 rings (SSSR count). The largest absolute Gasteiger partial charge is 0.778 e. The molecule has 0 aliphatic rings. The molecule has 304 valence electrons. The molecule has 0 aromatic rings. The number of carbonyl (C=O) groups is 4. The van der Waals surface area contributed by atoms with Crippen molar-refractivity contribution in [1.29, 1.82) is 0 Å². The molecular formula is C36H65ClNO13P. The van der Waals surface area contributed by atoms with E-state index in [0.717, 1.165) is 0 Å². The summed E-state index contributed by atoms with van der Waals surface area (Å²) in [5, 5.41) is 9.23. The molecule has 16 heteroatoms. The Balaban J connectivity index is 5.24. The first-order valence-corrected chi connectivity index (χ1v) is 19.6. The Morgan fingerprint density at radius 1 is 0.750 bits per heavy atom. The normalized spacial score (nSPS) is 17.0. The number of aliphatic hydroxyl groups excluding tert-OH is 1. The highest BCUT2D eigenvalue weighted by Gasteiger charge is 2.49. The fraction of sp³-hybridized carbons (Fsp3) is 0.833.